The van der Waals surface area contributed by atoms with Crippen molar-refractivity contribution in [1.29, 1.82) is 0 Å². The molecule has 0 fully saturated rings. The zero-order valence-corrected chi connectivity index (χ0v) is 21.4. The van der Waals surface area contributed by atoms with Crippen molar-refractivity contribution in [2.75, 3.05) is 27.2 Å². The zero-order chi connectivity index (χ0) is 23.7. The number of hydrogen-bond donors (Lipinski definition) is 1. The molecular formula is C24H22F2N5NaO2. The molecule has 0 aliphatic heterocycles. The summed E-state index contributed by atoms with van der Waals surface area (Å²) in [5.41, 5.74) is 2.45. The summed E-state index contributed by atoms with van der Waals surface area (Å²) in [6.45, 7) is 2.88. The second kappa shape index (κ2) is 10.6. The molecule has 10 heteroatoms. The summed E-state index contributed by atoms with van der Waals surface area (Å²) >= 11 is 0. The molecule has 0 atom stereocenters. The van der Waals surface area contributed by atoms with E-state index in [9.17, 15) is 18.7 Å². The van der Waals surface area contributed by atoms with Gasteiger partial charge >= 0.3 is 29.6 Å². The van der Waals surface area contributed by atoms with Gasteiger partial charge in [-0.15, -0.1) is 0 Å². The standard InChI is InChI=1S/C24H23F2N5O2.Na/c1-14-22(18-9-8-17(25)12-19(18)26)23-28-20(13-21(32)31(23)29-14)15-4-6-16(7-5-15)24(33)27-10-11-30(2)3;/h4-9,12-13,32H,10-11H2,1-3H3,(H,27,33);/q;+1/p-1. The van der Waals surface area contributed by atoms with Crippen molar-refractivity contribution >= 4 is 11.6 Å². The Balaban J connectivity index is 0.00000324. The molecule has 2 heterocycles. The Morgan fingerprint density at radius 3 is 2.47 bits per heavy atom. The maximum Gasteiger partial charge on any atom is 1.00 e. The van der Waals surface area contributed by atoms with Crippen molar-refractivity contribution in [3.8, 4) is 28.3 Å². The van der Waals surface area contributed by atoms with Gasteiger partial charge in [0.1, 0.15) is 11.6 Å². The topological polar surface area (TPSA) is 85.6 Å². The molecule has 0 radical (unpaired) electrons. The smallest absolute Gasteiger partial charge is 0.858 e. The van der Waals surface area contributed by atoms with Crippen LogP contribution in [0.25, 0.3) is 28.0 Å². The Labute approximate surface area is 217 Å². The van der Waals surface area contributed by atoms with Gasteiger partial charge in [-0.1, -0.05) is 12.1 Å². The second-order valence-electron chi connectivity index (χ2n) is 7.94. The van der Waals surface area contributed by atoms with Gasteiger partial charge < -0.3 is 15.3 Å². The Kier molecular flexibility index (Phi) is 8.04. The molecule has 0 unspecified atom stereocenters. The number of rotatable bonds is 6. The number of aryl methyl sites for hydroxylation is 1. The minimum atomic E-state index is -0.766. The molecule has 0 bridgehead atoms. The molecule has 34 heavy (non-hydrogen) atoms. The molecule has 1 N–H and O–H groups in total. The van der Waals surface area contributed by atoms with E-state index in [2.05, 4.69) is 15.4 Å². The van der Waals surface area contributed by atoms with Crippen molar-refractivity contribution in [3.63, 3.8) is 0 Å². The van der Waals surface area contributed by atoms with Crippen molar-refractivity contribution in [2.24, 2.45) is 0 Å². The number of halogens is 2. The number of aromatic nitrogens is 3. The number of nitrogens with one attached hydrogen (secondary N) is 1. The number of carbonyl (C=O) groups excluding carboxylic acids is 1. The van der Waals surface area contributed by atoms with Crippen LogP contribution >= 0.6 is 0 Å². The third kappa shape index (κ3) is 5.28. The van der Waals surface area contributed by atoms with Crippen LogP contribution in [-0.4, -0.2) is 52.6 Å². The number of nitrogens with zero attached hydrogens (tertiary/aromatic N) is 4. The van der Waals surface area contributed by atoms with Crippen LogP contribution in [0.2, 0.25) is 0 Å². The van der Waals surface area contributed by atoms with Crippen LogP contribution in [0, 0.1) is 18.6 Å². The molecular weight excluding hydrogens is 451 g/mol. The first-order valence-corrected chi connectivity index (χ1v) is 10.3. The summed E-state index contributed by atoms with van der Waals surface area (Å²) in [6.07, 6.45) is 0. The Morgan fingerprint density at radius 1 is 1.12 bits per heavy atom. The summed E-state index contributed by atoms with van der Waals surface area (Å²) in [5, 5.41) is 19.7. The van der Waals surface area contributed by atoms with E-state index in [4.69, 9.17) is 0 Å². The quantitative estimate of drug-likeness (QED) is 0.399. The van der Waals surface area contributed by atoms with Gasteiger partial charge in [0.15, 0.2) is 5.65 Å². The molecule has 4 rings (SSSR count). The van der Waals surface area contributed by atoms with E-state index in [1.165, 1.54) is 12.1 Å². The predicted octanol–water partition coefficient (Wildman–Crippen LogP) is 0.0189. The molecule has 2 aromatic carbocycles. The van der Waals surface area contributed by atoms with E-state index in [0.29, 0.717) is 34.6 Å². The molecule has 2 aromatic heterocycles. The van der Waals surface area contributed by atoms with Gasteiger partial charge in [-0.05, 0) is 57.2 Å². The average molecular weight is 473 g/mol. The van der Waals surface area contributed by atoms with E-state index in [1.54, 1.807) is 31.2 Å². The van der Waals surface area contributed by atoms with E-state index >= 15 is 0 Å². The molecule has 1 amide bonds. The Hall–Kier alpha value is -2.85. The SMILES string of the molecule is Cc1nn2c([O-])cc(-c3ccc(C(=O)NCCN(C)C)cc3)nc2c1-c1ccc(F)cc1F.[Na+]. The minimum absolute atomic E-state index is 0. The minimum Gasteiger partial charge on any atom is -0.858 e. The third-order valence-electron chi connectivity index (χ3n) is 5.22. The van der Waals surface area contributed by atoms with Gasteiger partial charge in [-0.25, -0.2) is 18.3 Å². The van der Waals surface area contributed by atoms with Crippen LogP contribution < -0.4 is 40.0 Å². The molecule has 0 saturated carbocycles. The van der Waals surface area contributed by atoms with Crippen molar-refractivity contribution in [2.45, 2.75) is 6.92 Å². The van der Waals surface area contributed by atoms with E-state index < -0.39 is 17.5 Å². The van der Waals surface area contributed by atoms with Crippen molar-refractivity contribution in [1.82, 2.24) is 24.8 Å². The van der Waals surface area contributed by atoms with Gasteiger partial charge in [0.05, 0.1) is 17.0 Å². The molecule has 0 saturated heterocycles. The molecule has 4 aromatic rings. The molecule has 0 spiro atoms. The predicted molar refractivity (Wildman–Crippen MR) is 119 cm³/mol. The number of carbonyl (C=O) groups is 1. The average Bonchev–Trinajstić information content (AvgIpc) is 3.10. The van der Waals surface area contributed by atoms with Crippen LogP contribution in [0.15, 0.2) is 48.5 Å². The first-order valence-electron chi connectivity index (χ1n) is 10.3. The van der Waals surface area contributed by atoms with E-state index in [-0.39, 0.29) is 46.7 Å². The zero-order valence-electron chi connectivity index (χ0n) is 19.4. The van der Waals surface area contributed by atoms with Crippen molar-refractivity contribution in [3.05, 3.63) is 71.4 Å². The fourth-order valence-electron chi connectivity index (χ4n) is 3.54. The van der Waals surface area contributed by atoms with Gasteiger partial charge in [0.2, 0.25) is 0 Å². The fraction of sp³-hybridized carbons (Fsp3) is 0.208. The molecule has 170 valence electrons. The van der Waals surface area contributed by atoms with Crippen LogP contribution in [-0.2, 0) is 0 Å². The third-order valence-corrected chi connectivity index (χ3v) is 5.22. The molecule has 0 aliphatic carbocycles. The summed E-state index contributed by atoms with van der Waals surface area (Å²) in [5.74, 6) is -2.10. The van der Waals surface area contributed by atoms with Gasteiger partial charge in [-0.3, -0.25) is 4.79 Å². The van der Waals surface area contributed by atoms with Crippen molar-refractivity contribution < 1.29 is 48.2 Å². The second-order valence-corrected chi connectivity index (χ2v) is 7.94. The summed E-state index contributed by atoms with van der Waals surface area (Å²) in [6, 6.07) is 11.3. The maximum atomic E-state index is 14.5. The fourth-order valence-corrected chi connectivity index (χ4v) is 3.54. The number of hydrogen-bond acceptors (Lipinski definition) is 5. The normalized spacial score (nSPS) is 11.0. The number of likely N-dealkylation sites (N-methyl/N-ethyl adjacent to an activating group) is 1. The Bertz CT molecular complexity index is 1340. The summed E-state index contributed by atoms with van der Waals surface area (Å²) in [4.78, 5) is 18.8. The molecule has 0 aliphatic rings. The van der Waals surface area contributed by atoms with E-state index in [1.807, 2.05) is 19.0 Å². The maximum absolute atomic E-state index is 14.5. The van der Waals surface area contributed by atoms with E-state index in [0.717, 1.165) is 23.2 Å². The number of benzene rings is 2. The first-order chi connectivity index (χ1) is 15.7. The summed E-state index contributed by atoms with van der Waals surface area (Å²) < 4.78 is 29.0. The van der Waals surface area contributed by atoms with Gasteiger partial charge in [-0.2, -0.15) is 5.10 Å². The first kappa shape index (κ1) is 25.8. The Morgan fingerprint density at radius 2 is 1.82 bits per heavy atom. The van der Waals surface area contributed by atoms with Gasteiger partial charge in [0, 0.05) is 35.8 Å². The largest absolute Gasteiger partial charge is 1.00 e. The van der Waals surface area contributed by atoms with Crippen LogP contribution in [0.3, 0.4) is 0 Å². The van der Waals surface area contributed by atoms with Crippen LogP contribution in [0.4, 0.5) is 8.78 Å². The van der Waals surface area contributed by atoms with Gasteiger partial charge in [0.25, 0.3) is 5.91 Å². The monoisotopic (exact) mass is 473 g/mol. The number of fused-ring (bicyclic) bond motifs is 1. The number of amides is 1. The van der Waals surface area contributed by atoms with Crippen LogP contribution in [0.5, 0.6) is 5.88 Å². The summed E-state index contributed by atoms with van der Waals surface area (Å²) in [7, 11) is 3.85. The molecule has 7 nitrogen and oxygen atoms in total. The van der Waals surface area contributed by atoms with Crippen LogP contribution in [0.1, 0.15) is 16.1 Å².